The average molecular weight is 514 g/mol. The van der Waals surface area contributed by atoms with E-state index in [9.17, 15) is 24.2 Å². The van der Waals surface area contributed by atoms with Gasteiger partial charge in [-0.1, -0.05) is 19.9 Å². The molecule has 2 aromatic carbocycles. The molecule has 5 N–H and O–H groups in total. The molecule has 1 aromatic heterocycles. The van der Waals surface area contributed by atoms with Crippen molar-refractivity contribution in [2.24, 2.45) is 5.92 Å². The van der Waals surface area contributed by atoms with Gasteiger partial charge in [0.2, 0.25) is 11.8 Å². The molecule has 0 bridgehead atoms. The third-order valence-electron chi connectivity index (χ3n) is 6.31. The molecule has 0 aliphatic heterocycles. The summed E-state index contributed by atoms with van der Waals surface area (Å²) >= 11 is 0. The first-order valence-corrected chi connectivity index (χ1v) is 12.3. The molecule has 37 heavy (non-hydrogen) atoms. The summed E-state index contributed by atoms with van der Waals surface area (Å²) in [5.41, 5.74) is 0.833. The van der Waals surface area contributed by atoms with Crippen LogP contribution in [0.4, 0.5) is 10.1 Å². The number of H-pyrrole nitrogens is 1. The largest absolute Gasteiger partial charge is 0.493 e. The standard InChI is InChI=1S/C27H32FN3O6/c1-15(2)11-23(25(34)29-22-10-7-18(12-21(22)28)16-3-4-16)31-26(35)24(30-27(31)36)17-5-8-20(9-6-17)37-14-19(33)13-32/h5-10,12,15-16,19,23,32-33,35H,3-4,11,13-14H2,1-2H3,(H,29,34)(H,30,36)/t19-,23-/m0/s1. The molecule has 0 saturated heterocycles. The SMILES string of the molecule is CC(C)C[C@@H](C(=O)Nc1ccc(C2CC2)cc1F)n1c(O)c(-c2ccc(OC[C@@H](O)CO)cc2)[nH]c1=O. The van der Waals surface area contributed by atoms with Crippen molar-refractivity contribution in [3.63, 3.8) is 0 Å². The van der Waals surface area contributed by atoms with Crippen molar-refractivity contribution in [2.75, 3.05) is 18.5 Å². The van der Waals surface area contributed by atoms with Gasteiger partial charge in [0.05, 0.1) is 12.3 Å². The number of aromatic amines is 1. The van der Waals surface area contributed by atoms with E-state index in [1.54, 1.807) is 30.3 Å². The van der Waals surface area contributed by atoms with Crippen molar-refractivity contribution in [3.05, 3.63) is 64.3 Å². The molecule has 10 heteroatoms. The summed E-state index contributed by atoms with van der Waals surface area (Å²) in [4.78, 5) is 28.8. The van der Waals surface area contributed by atoms with E-state index in [-0.39, 0.29) is 30.3 Å². The Kier molecular flexibility index (Phi) is 7.99. The van der Waals surface area contributed by atoms with Crippen molar-refractivity contribution < 1.29 is 29.2 Å². The molecule has 3 aromatic rings. The third-order valence-corrected chi connectivity index (χ3v) is 6.31. The van der Waals surface area contributed by atoms with Crippen LogP contribution < -0.4 is 15.7 Å². The number of halogens is 1. The summed E-state index contributed by atoms with van der Waals surface area (Å²) in [6.45, 7) is 3.25. The number of hydrogen-bond donors (Lipinski definition) is 5. The van der Waals surface area contributed by atoms with Crippen molar-refractivity contribution in [1.82, 2.24) is 9.55 Å². The molecule has 0 spiro atoms. The molecule has 0 radical (unpaired) electrons. The number of aliphatic hydroxyl groups is 2. The molecule has 1 fully saturated rings. The lowest BCUT2D eigenvalue weighted by Gasteiger charge is -2.20. The Labute approximate surface area is 213 Å². The van der Waals surface area contributed by atoms with Gasteiger partial charge in [0, 0.05) is 5.56 Å². The van der Waals surface area contributed by atoms with Crippen molar-refractivity contribution in [3.8, 4) is 22.9 Å². The second-order valence-electron chi connectivity index (χ2n) is 9.82. The van der Waals surface area contributed by atoms with Crippen LogP contribution in [-0.4, -0.2) is 50.1 Å². The summed E-state index contributed by atoms with van der Waals surface area (Å²) in [7, 11) is 0. The van der Waals surface area contributed by atoms with Gasteiger partial charge in [0.15, 0.2) is 0 Å². The van der Waals surface area contributed by atoms with Crippen LogP contribution in [0, 0.1) is 11.7 Å². The number of nitrogens with one attached hydrogen (secondary N) is 2. The van der Waals surface area contributed by atoms with Gasteiger partial charge in [-0.05, 0) is 73.1 Å². The minimum absolute atomic E-state index is 0.00630. The van der Waals surface area contributed by atoms with E-state index in [0.717, 1.165) is 23.0 Å². The Hall–Kier alpha value is -3.63. The van der Waals surface area contributed by atoms with E-state index in [1.165, 1.54) is 12.1 Å². The Bertz CT molecular complexity index is 1300. The van der Waals surface area contributed by atoms with Gasteiger partial charge >= 0.3 is 5.69 Å². The molecule has 1 aliphatic carbocycles. The summed E-state index contributed by atoms with van der Waals surface area (Å²) < 4.78 is 21.1. The number of ether oxygens (including phenoxy) is 1. The lowest BCUT2D eigenvalue weighted by molar-refractivity contribution is -0.119. The molecule has 198 valence electrons. The number of hydrogen-bond acceptors (Lipinski definition) is 6. The second-order valence-corrected chi connectivity index (χ2v) is 9.82. The maximum absolute atomic E-state index is 14.7. The van der Waals surface area contributed by atoms with Gasteiger partial charge in [-0.25, -0.2) is 9.18 Å². The first-order chi connectivity index (χ1) is 17.7. The highest BCUT2D eigenvalue weighted by atomic mass is 19.1. The molecular weight excluding hydrogens is 481 g/mol. The Balaban J connectivity index is 1.57. The van der Waals surface area contributed by atoms with Gasteiger partial charge in [0.1, 0.15) is 36.0 Å². The maximum Gasteiger partial charge on any atom is 0.329 e. The lowest BCUT2D eigenvalue weighted by atomic mass is 10.0. The quantitative estimate of drug-likeness (QED) is 0.266. The summed E-state index contributed by atoms with van der Waals surface area (Å²) in [6, 6.07) is 10.0. The fourth-order valence-corrected chi connectivity index (χ4v) is 4.19. The number of carbonyl (C=O) groups excluding carboxylic acids is 1. The van der Waals surface area contributed by atoms with Gasteiger partial charge in [0.25, 0.3) is 0 Å². The highest BCUT2D eigenvalue weighted by Gasteiger charge is 2.30. The molecule has 4 rings (SSSR count). The van der Waals surface area contributed by atoms with E-state index >= 15 is 0 Å². The lowest BCUT2D eigenvalue weighted by Crippen LogP contribution is -2.33. The normalized spacial score (nSPS) is 15.0. The summed E-state index contributed by atoms with van der Waals surface area (Å²) in [5, 5.41) is 31.9. The van der Waals surface area contributed by atoms with Crippen molar-refractivity contribution >= 4 is 11.6 Å². The van der Waals surface area contributed by atoms with Crippen LogP contribution in [0.5, 0.6) is 11.6 Å². The third kappa shape index (κ3) is 6.20. The predicted molar refractivity (Wildman–Crippen MR) is 136 cm³/mol. The molecule has 1 heterocycles. The summed E-state index contributed by atoms with van der Waals surface area (Å²) in [5.74, 6) is -0.783. The van der Waals surface area contributed by atoms with E-state index in [2.05, 4.69) is 10.3 Å². The molecule has 2 atom stereocenters. The van der Waals surface area contributed by atoms with Crippen LogP contribution in [-0.2, 0) is 4.79 Å². The van der Waals surface area contributed by atoms with Crippen LogP contribution >= 0.6 is 0 Å². The van der Waals surface area contributed by atoms with Crippen LogP contribution in [0.15, 0.2) is 47.3 Å². The highest BCUT2D eigenvalue weighted by Crippen LogP contribution is 2.41. The van der Waals surface area contributed by atoms with E-state index in [0.29, 0.717) is 17.2 Å². The van der Waals surface area contributed by atoms with E-state index in [1.807, 2.05) is 13.8 Å². The minimum Gasteiger partial charge on any atom is -0.493 e. The van der Waals surface area contributed by atoms with Gasteiger partial charge in [-0.15, -0.1) is 0 Å². The monoisotopic (exact) mass is 513 g/mol. The molecule has 1 amide bonds. The number of aliphatic hydroxyl groups excluding tert-OH is 2. The van der Waals surface area contributed by atoms with Crippen LogP contribution in [0.25, 0.3) is 11.3 Å². The van der Waals surface area contributed by atoms with E-state index < -0.39 is 42.0 Å². The van der Waals surface area contributed by atoms with Gasteiger partial charge < -0.3 is 30.4 Å². The zero-order chi connectivity index (χ0) is 26.7. The first kappa shape index (κ1) is 26.4. The average Bonchev–Trinajstić information content (AvgIpc) is 3.68. The smallest absolute Gasteiger partial charge is 0.329 e. The van der Waals surface area contributed by atoms with Crippen molar-refractivity contribution in [1.29, 1.82) is 0 Å². The second kappa shape index (κ2) is 11.2. The molecule has 1 saturated carbocycles. The van der Waals surface area contributed by atoms with Crippen LogP contribution in [0.3, 0.4) is 0 Å². The molecule has 9 nitrogen and oxygen atoms in total. The first-order valence-electron chi connectivity index (χ1n) is 12.3. The fraction of sp³-hybridized carbons (Fsp3) is 0.407. The van der Waals surface area contributed by atoms with Gasteiger partial charge in [-0.2, -0.15) is 0 Å². The number of imidazole rings is 1. The Morgan fingerprint density at radius 2 is 1.92 bits per heavy atom. The molecular formula is C27H32FN3O6. The van der Waals surface area contributed by atoms with Crippen LogP contribution in [0.1, 0.15) is 50.6 Å². The molecule has 1 aliphatic rings. The zero-order valence-electron chi connectivity index (χ0n) is 20.8. The number of aromatic hydroxyl groups is 1. The highest BCUT2D eigenvalue weighted by molar-refractivity contribution is 5.94. The zero-order valence-corrected chi connectivity index (χ0v) is 20.8. The predicted octanol–water partition coefficient (Wildman–Crippen LogP) is 3.52. The maximum atomic E-state index is 14.7. The number of amides is 1. The number of rotatable bonds is 11. The number of nitrogens with zero attached hydrogens (tertiary/aromatic N) is 1. The fourth-order valence-electron chi connectivity index (χ4n) is 4.19. The van der Waals surface area contributed by atoms with E-state index in [4.69, 9.17) is 9.84 Å². The number of aromatic nitrogens is 2. The van der Waals surface area contributed by atoms with Gasteiger partial charge in [-0.3, -0.25) is 9.36 Å². The molecule has 0 unspecified atom stereocenters. The van der Waals surface area contributed by atoms with Crippen LogP contribution in [0.2, 0.25) is 0 Å². The minimum atomic E-state index is -1.08. The summed E-state index contributed by atoms with van der Waals surface area (Å²) in [6.07, 6.45) is 1.28. The number of benzene rings is 2. The van der Waals surface area contributed by atoms with Crippen molar-refractivity contribution in [2.45, 2.75) is 51.2 Å². The Morgan fingerprint density at radius 3 is 2.51 bits per heavy atom. The Morgan fingerprint density at radius 1 is 1.22 bits per heavy atom. The number of carbonyl (C=O) groups is 1. The topological polar surface area (TPSA) is 137 Å². The number of anilines is 1.